The second kappa shape index (κ2) is 5.31. The molecular weight excluding hydrogens is 264 g/mol. The molecule has 1 saturated carbocycles. The van der Waals surface area contributed by atoms with Crippen LogP contribution in [-0.2, 0) is 10.0 Å². The summed E-state index contributed by atoms with van der Waals surface area (Å²) in [5.41, 5.74) is -0.970. The molecule has 19 heavy (non-hydrogen) atoms. The number of rotatable bonds is 4. The Morgan fingerprint density at radius 1 is 1.58 bits per heavy atom. The first-order valence-corrected chi connectivity index (χ1v) is 7.94. The lowest BCUT2D eigenvalue weighted by atomic mass is 9.77. The summed E-state index contributed by atoms with van der Waals surface area (Å²) in [5, 5.41) is 15.5. The van der Waals surface area contributed by atoms with Crippen molar-refractivity contribution in [2.24, 2.45) is 5.92 Å². The summed E-state index contributed by atoms with van der Waals surface area (Å²) < 4.78 is 26.9. The van der Waals surface area contributed by atoms with Crippen molar-refractivity contribution in [3.05, 3.63) is 12.4 Å². The summed E-state index contributed by atoms with van der Waals surface area (Å²) in [6.07, 6.45) is 6.54. The molecule has 1 aliphatic rings. The fraction of sp³-hybridized carbons (Fsp3) is 0.667. The fourth-order valence-electron chi connectivity index (χ4n) is 2.52. The third kappa shape index (κ3) is 2.96. The third-order valence-corrected chi connectivity index (χ3v) is 5.37. The molecule has 0 aromatic carbocycles. The molecule has 6 nitrogen and oxygen atoms in total. The number of hydrogen-bond acceptors (Lipinski definition) is 4. The smallest absolute Gasteiger partial charge is 0.245 e. The molecule has 0 aliphatic heterocycles. The maximum Gasteiger partial charge on any atom is 0.245 e. The molecule has 0 radical (unpaired) electrons. The van der Waals surface area contributed by atoms with Gasteiger partial charge in [0.15, 0.2) is 0 Å². The van der Waals surface area contributed by atoms with Crippen LogP contribution in [-0.4, -0.2) is 24.2 Å². The zero-order valence-electron chi connectivity index (χ0n) is 10.9. The summed E-state index contributed by atoms with van der Waals surface area (Å²) >= 11 is 0. The van der Waals surface area contributed by atoms with E-state index >= 15 is 0 Å². The van der Waals surface area contributed by atoms with E-state index in [9.17, 15) is 13.7 Å². The van der Waals surface area contributed by atoms with Gasteiger partial charge >= 0.3 is 0 Å². The number of nitrogens with one attached hydrogen (secondary N) is 2. The van der Waals surface area contributed by atoms with Gasteiger partial charge in [-0.3, -0.25) is 5.10 Å². The zero-order chi connectivity index (χ0) is 13.9. The van der Waals surface area contributed by atoms with Crippen molar-refractivity contribution < 1.29 is 8.42 Å². The van der Waals surface area contributed by atoms with Gasteiger partial charge in [0.05, 0.1) is 12.3 Å². The van der Waals surface area contributed by atoms with Crippen molar-refractivity contribution in [2.75, 3.05) is 0 Å². The molecule has 0 bridgehead atoms. The Hall–Kier alpha value is -1.39. The molecule has 0 unspecified atom stereocenters. The number of sulfonamides is 1. The van der Waals surface area contributed by atoms with Crippen LogP contribution in [0.2, 0.25) is 0 Å². The molecule has 104 valence electrons. The van der Waals surface area contributed by atoms with Crippen LogP contribution < -0.4 is 4.72 Å². The molecule has 1 aromatic rings. The molecule has 2 N–H and O–H groups in total. The van der Waals surface area contributed by atoms with Crippen LogP contribution >= 0.6 is 0 Å². The maximum absolute atomic E-state index is 12.2. The van der Waals surface area contributed by atoms with Crippen LogP contribution in [0.3, 0.4) is 0 Å². The van der Waals surface area contributed by atoms with Gasteiger partial charge in [0.1, 0.15) is 10.4 Å². The Morgan fingerprint density at radius 2 is 2.26 bits per heavy atom. The number of aromatic nitrogens is 2. The average Bonchev–Trinajstić information content (AvgIpc) is 2.94. The number of H-pyrrole nitrogens is 1. The highest BCUT2D eigenvalue weighted by Gasteiger charge is 2.39. The van der Waals surface area contributed by atoms with Gasteiger partial charge in [0.2, 0.25) is 10.0 Å². The van der Waals surface area contributed by atoms with E-state index in [1.54, 1.807) is 0 Å². The Balaban J connectivity index is 2.15. The van der Waals surface area contributed by atoms with Gasteiger partial charge in [-0.25, -0.2) is 8.42 Å². The highest BCUT2D eigenvalue weighted by Crippen LogP contribution is 2.34. The normalized spacial score (nSPS) is 27.9. The van der Waals surface area contributed by atoms with E-state index in [0.29, 0.717) is 18.8 Å². The first-order chi connectivity index (χ1) is 9.01. The van der Waals surface area contributed by atoms with E-state index in [4.69, 9.17) is 0 Å². The van der Waals surface area contributed by atoms with Crippen molar-refractivity contribution in [1.29, 1.82) is 5.26 Å². The van der Waals surface area contributed by atoms with Gasteiger partial charge in [-0.1, -0.05) is 13.3 Å². The van der Waals surface area contributed by atoms with Crippen LogP contribution in [0.25, 0.3) is 0 Å². The Morgan fingerprint density at radius 3 is 2.74 bits per heavy atom. The van der Waals surface area contributed by atoms with E-state index < -0.39 is 15.6 Å². The van der Waals surface area contributed by atoms with Crippen molar-refractivity contribution >= 4 is 10.0 Å². The lowest BCUT2D eigenvalue weighted by molar-refractivity contribution is 0.259. The SMILES string of the molecule is CCC1CCC(C#N)(NS(=O)(=O)c2cn[nH]c2)CC1. The summed E-state index contributed by atoms with van der Waals surface area (Å²) in [6, 6.07) is 2.16. The minimum Gasteiger partial charge on any atom is -0.284 e. The van der Waals surface area contributed by atoms with Gasteiger partial charge in [-0.15, -0.1) is 0 Å². The number of aromatic amines is 1. The molecule has 0 amide bonds. The minimum atomic E-state index is -3.68. The molecule has 2 rings (SSSR count). The topological polar surface area (TPSA) is 98.6 Å². The van der Waals surface area contributed by atoms with Gasteiger partial charge < -0.3 is 0 Å². The highest BCUT2D eigenvalue weighted by molar-refractivity contribution is 7.89. The van der Waals surface area contributed by atoms with Gasteiger partial charge in [0, 0.05) is 6.20 Å². The van der Waals surface area contributed by atoms with Crippen LogP contribution in [0.5, 0.6) is 0 Å². The molecule has 1 aromatic heterocycles. The Labute approximate surface area is 113 Å². The fourth-order valence-corrected chi connectivity index (χ4v) is 3.80. The van der Waals surface area contributed by atoms with E-state index in [0.717, 1.165) is 19.3 Å². The molecule has 1 heterocycles. The minimum absolute atomic E-state index is 0.0692. The summed E-state index contributed by atoms with van der Waals surface area (Å²) in [5.74, 6) is 0.597. The Bertz CT molecular complexity index is 551. The van der Waals surface area contributed by atoms with E-state index in [1.165, 1.54) is 12.4 Å². The highest BCUT2D eigenvalue weighted by atomic mass is 32.2. The molecule has 7 heteroatoms. The van der Waals surface area contributed by atoms with E-state index in [2.05, 4.69) is 27.9 Å². The zero-order valence-corrected chi connectivity index (χ0v) is 11.7. The van der Waals surface area contributed by atoms with Crippen molar-refractivity contribution in [2.45, 2.75) is 49.5 Å². The lowest BCUT2D eigenvalue weighted by Crippen LogP contribution is -2.49. The van der Waals surface area contributed by atoms with Crippen LogP contribution in [0.4, 0.5) is 0 Å². The van der Waals surface area contributed by atoms with Crippen LogP contribution in [0.1, 0.15) is 39.0 Å². The molecule has 1 fully saturated rings. The average molecular weight is 282 g/mol. The third-order valence-electron chi connectivity index (χ3n) is 3.86. The molecule has 1 aliphatic carbocycles. The predicted octanol–water partition coefficient (Wildman–Crippen LogP) is 1.55. The number of hydrogen-bond donors (Lipinski definition) is 2. The molecule has 0 spiro atoms. The largest absolute Gasteiger partial charge is 0.284 e. The molecule has 0 saturated heterocycles. The van der Waals surface area contributed by atoms with Gasteiger partial charge in [-0.2, -0.15) is 15.1 Å². The monoisotopic (exact) mass is 282 g/mol. The van der Waals surface area contributed by atoms with E-state index in [1.807, 2.05) is 0 Å². The van der Waals surface area contributed by atoms with Crippen LogP contribution in [0.15, 0.2) is 17.3 Å². The van der Waals surface area contributed by atoms with E-state index in [-0.39, 0.29) is 4.90 Å². The second-order valence-corrected chi connectivity index (χ2v) is 6.77. The van der Waals surface area contributed by atoms with Crippen molar-refractivity contribution in [1.82, 2.24) is 14.9 Å². The first kappa shape index (κ1) is 14.0. The maximum atomic E-state index is 12.2. The van der Waals surface area contributed by atoms with Gasteiger partial charge in [0.25, 0.3) is 0 Å². The predicted molar refractivity (Wildman–Crippen MR) is 69.5 cm³/mol. The van der Waals surface area contributed by atoms with Crippen molar-refractivity contribution in [3.63, 3.8) is 0 Å². The second-order valence-electron chi connectivity index (χ2n) is 5.09. The summed E-state index contributed by atoms with van der Waals surface area (Å²) in [6.45, 7) is 2.12. The number of nitriles is 1. The molecule has 0 atom stereocenters. The van der Waals surface area contributed by atoms with Gasteiger partial charge in [-0.05, 0) is 31.6 Å². The lowest BCUT2D eigenvalue weighted by Gasteiger charge is -2.34. The van der Waals surface area contributed by atoms with Crippen molar-refractivity contribution in [3.8, 4) is 6.07 Å². The summed E-state index contributed by atoms with van der Waals surface area (Å²) in [4.78, 5) is 0.0692. The molecular formula is C12H18N4O2S. The Kier molecular flexibility index (Phi) is 3.92. The number of nitrogens with zero attached hydrogens (tertiary/aromatic N) is 2. The quantitative estimate of drug-likeness (QED) is 0.875. The standard InChI is InChI=1S/C12H18N4O2S/c1-2-10-3-5-12(9-13,6-4-10)16-19(17,18)11-7-14-15-8-11/h7-8,10,16H,2-6H2,1H3,(H,14,15). The van der Waals surface area contributed by atoms with Crippen LogP contribution in [0, 0.1) is 17.2 Å². The summed E-state index contributed by atoms with van der Waals surface area (Å²) in [7, 11) is -3.68. The first-order valence-electron chi connectivity index (χ1n) is 6.45.